The normalized spacial score (nSPS) is 12.2. The quantitative estimate of drug-likeness (QED) is 0.902. The molecule has 0 aliphatic carbocycles. The van der Waals surface area contributed by atoms with Crippen LogP contribution in [-0.4, -0.2) is 26.2 Å². The van der Waals surface area contributed by atoms with Crippen LogP contribution in [0.4, 0.5) is 0 Å². The largest absolute Gasteiger partial charge is 0.495 e. The van der Waals surface area contributed by atoms with Crippen molar-refractivity contribution in [3.05, 3.63) is 22.2 Å². The molecule has 0 fully saturated rings. The van der Waals surface area contributed by atoms with E-state index in [9.17, 15) is 4.79 Å². The molecule has 106 valence electrons. The zero-order chi connectivity index (χ0) is 14.6. The Bertz CT molecular complexity index is 435. The first-order valence-corrected chi connectivity index (χ1v) is 6.92. The molecule has 4 nitrogen and oxygen atoms in total. The zero-order valence-corrected chi connectivity index (χ0v) is 13.5. The highest BCUT2D eigenvalue weighted by molar-refractivity contribution is 9.10. The van der Waals surface area contributed by atoms with Crippen molar-refractivity contribution in [3.63, 3.8) is 0 Å². The summed E-state index contributed by atoms with van der Waals surface area (Å²) < 4.78 is 11.1. The molecule has 0 aliphatic heterocycles. The van der Waals surface area contributed by atoms with Crippen LogP contribution in [0.15, 0.2) is 16.6 Å². The van der Waals surface area contributed by atoms with Crippen molar-refractivity contribution in [2.75, 3.05) is 14.2 Å². The van der Waals surface area contributed by atoms with E-state index >= 15 is 0 Å². The molecule has 1 amide bonds. The number of halogens is 1. The monoisotopic (exact) mass is 329 g/mol. The number of benzene rings is 1. The van der Waals surface area contributed by atoms with Gasteiger partial charge in [0.2, 0.25) is 0 Å². The van der Waals surface area contributed by atoms with Crippen LogP contribution in [0.3, 0.4) is 0 Å². The van der Waals surface area contributed by atoms with Gasteiger partial charge in [-0.1, -0.05) is 13.8 Å². The van der Waals surface area contributed by atoms with Crippen molar-refractivity contribution in [2.24, 2.45) is 5.92 Å². The number of carbonyl (C=O) groups excluding carboxylic acids is 1. The molecule has 0 spiro atoms. The van der Waals surface area contributed by atoms with Gasteiger partial charge in [0.05, 0.1) is 14.2 Å². The summed E-state index contributed by atoms with van der Waals surface area (Å²) in [6.45, 7) is 6.11. The van der Waals surface area contributed by atoms with Gasteiger partial charge in [-0.2, -0.15) is 0 Å². The Kier molecular flexibility index (Phi) is 5.66. The summed E-state index contributed by atoms with van der Waals surface area (Å²) in [6.07, 6.45) is 0. The topological polar surface area (TPSA) is 47.6 Å². The van der Waals surface area contributed by atoms with Gasteiger partial charge in [-0.3, -0.25) is 4.79 Å². The highest BCUT2D eigenvalue weighted by atomic mass is 79.9. The average Bonchev–Trinajstić information content (AvgIpc) is 2.38. The molecule has 1 rings (SSSR count). The van der Waals surface area contributed by atoms with E-state index in [0.717, 1.165) is 0 Å². The fourth-order valence-corrected chi connectivity index (χ4v) is 2.01. The van der Waals surface area contributed by atoms with Crippen LogP contribution in [0.2, 0.25) is 0 Å². The Balaban J connectivity index is 3.03. The maximum Gasteiger partial charge on any atom is 0.251 e. The number of rotatable bonds is 5. The van der Waals surface area contributed by atoms with Crippen molar-refractivity contribution in [1.82, 2.24) is 5.32 Å². The van der Waals surface area contributed by atoms with Crippen molar-refractivity contribution in [1.29, 1.82) is 0 Å². The molecule has 0 radical (unpaired) electrons. The first-order chi connectivity index (χ1) is 8.90. The summed E-state index contributed by atoms with van der Waals surface area (Å²) in [5.41, 5.74) is 0.518. The number of amides is 1. The van der Waals surface area contributed by atoms with Crippen LogP contribution in [0, 0.1) is 5.92 Å². The molecule has 0 bridgehead atoms. The average molecular weight is 330 g/mol. The van der Waals surface area contributed by atoms with Crippen LogP contribution in [-0.2, 0) is 0 Å². The third kappa shape index (κ3) is 3.86. The second-order valence-corrected chi connectivity index (χ2v) is 5.49. The molecule has 0 aromatic heterocycles. The van der Waals surface area contributed by atoms with Gasteiger partial charge < -0.3 is 14.8 Å². The predicted molar refractivity (Wildman–Crippen MR) is 79.0 cm³/mol. The summed E-state index contributed by atoms with van der Waals surface area (Å²) in [5, 5.41) is 2.95. The van der Waals surface area contributed by atoms with Crippen molar-refractivity contribution >= 4 is 21.8 Å². The second kappa shape index (κ2) is 6.80. The molecule has 1 atom stereocenters. The minimum Gasteiger partial charge on any atom is -0.495 e. The van der Waals surface area contributed by atoms with Crippen molar-refractivity contribution in [3.8, 4) is 11.5 Å². The Morgan fingerprint density at radius 1 is 1.16 bits per heavy atom. The SMILES string of the molecule is COc1cc(C(=O)N[C@@H](C)C(C)C)cc(OC)c1Br. The van der Waals surface area contributed by atoms with Gasteiger partial charge in [0, 0.05) is 11.6 Å². The molecule has 0 heterocycles. The number of carbonyl (C=O) groups is 1. The molecule has 1 N–H and O–H groups in total. The Labute approximate surface area is 122 Å². The summed E-state index contributed by atoms with van der Waals surface area (Å²) in [7, 11) is 3.11. The van der Waals surface area contributed by atoms with E-state index in [4.69, 9.17) is 9.47 Å². The van der Waals surface area contributed by atoms with Gasteiger partial charge in [-0.15, -0.1) is 0 Å². The molecule has 0 aliphatic rings. The van der Waals surface area contributed by atoms with Crippen LogP contribution in [0.5, 0.6) is 11.5 Å². The fourth-order valence-electron chi connectivity index (χ4n) is 1.46. The van der Waals surface area contributed by atoms with E-state index in [2.05, 4.69) is 35.1 Å². The van der Waals surface area contributed by atoms with Gasteiger partial charge >= 0.3 is 0 Å². The van der Waals surface area contributed by atoms with Gasteiger partial charge in [-0.05, 0) is 40.9 Å². The van der Waals surface area contributed by atoms with Crippen LogP contribution in [0.25, 0.3) is 0 Å². The van der Waals surface area contributed by atoms with E-state index in [1.807, 2.05) is 6.92 Å². The highest BCUT2D eigenvalue weighted by Crippen LogP contribution is 2.35. The number of methoxy groups -OCH3 is 2. The van der Waals surface area contributed by atoms with Crippen LogP contribution < -0.4 is 14.8 Å². The molecule has 5 heteroatoms. The lowest BCUT2D eigenvalue weighted by Crippen LogP contribution is -2.36. The molecule has 0 saturated heterocycles. The summed E-state index contributed by atoms with van der Waals surface area (Å²) in [4.78, 5) is 12.2. The number of nitrogens with one attached hydrogen (secondary N) is 1. The Hall–Kier alpha value is -1.23. The first kappa shape index (κ1) is 15.8. The molecule has 0 saturated carbocycles. The number of hydrogen-bond donors (Lipinski definition) is 1. The molecule has 1 aromatic carbocycles. The maximum atomic E-state index is 12.2. The maximum absolute atomic E-state index is 12.2. The smallest absolute Gasteiger partial charge is 0.251 e. The minimum absolute atomic E-state index is 0.105. The third-order valence-electron chi connectivity index (χ3n) is 3.07. The van der Waals surface area contributed by atoms with E-state index in [1.54, 1.807) is 26.4 Å². The molecular formula is C14H20BrNO3. The molecular weight excluding hydrogens is 310 g/mol. The Morgan fingerprint density at radius 2 is 1.63 bits per heavy atom. The second-order valence-electron chi connectivity index (χ2n) is 4.70. The van der Waals surface area contributed by atoms with Crippen LogP contribution >= 0.6 is 15.9 Å². The van der Waals surface area contributed by atoms with E-state index in [-0.39, 0.29) is 11.9 Å². The summed E-state index contributed by atoms with van der Waals surface area (Å²) in [6, 6.07) is 3.48. The van der Waals surface area contributed by atoms with Gasteiger partial charge in [0.1, 0.15) is 16.0 Å². The lowest BCUT2D eigenvalue weighted by molar-refractivity contribution is 0.0929. The van der Waals surface area contributed by atoms with E-state index < -0.39 is 0 Å². The van der Waals surface area contributed by atoms with Crippen molar-refractivity contribution < 1.29 is 14.3 Å². The summed E-state index contributed by atoms with van der Waals surface area (Å²) in [5.74, 6) is 1.39. The minimum atomic E-state index is -0.134. The molecule has 19 heavy (non-hydrogen) atoms. The highest BCUT2D eigenvalue weighted by Gasteiger charge is 2.17. The molecule has 1 aromatic rings. The zero-order valence-electron chi connectivity index (χ0n) is 11.9. The van der Waals surface area contributed by atoms with Gasteiger partial charge in [-0.25, -0.2) is 0 Å². The number of ether oxygens (including phenoxy) is 2. The lowest BCUT2D eigenvalue weighted by atomic mass is 10.1. The third-order valence-corrected chi connectivity index (χ3v) is 3.85. The fraction of sp³-hybridized carbons (Fsp3) is 0.500. The number of hydrogen-bond acceptors (Lipinski definition) is 3. The van der Waals surface area contributed by atoms with Gasteiger partial charge in [0.15, 0.2) is 0 Å². The molecule has 0 unspecified atom stereocenters. The Morgan fingerprint density at radius 3 is 2.00 bits per heavy atom. The first-order valence-electron chi connectivity index (χ1n) is 6.13. The standard InChI is InChI=1S/C14H20BrNO3/c1-8(2)9(3)16-14(17)10-6-11(18-4)13(15)12(7-10)19-5/h6-9H,1-5H3,(H,16,17)/t9-/m0/s1. The van der Waals surface area contributed by atoms with Gasteiger partial charge in [0.25, 0.3) is 5.91 Å². The summed E-state index contributed by atoms with van der Waals surface area (Å²) >= 11 is 3.38. The van der Waals surface area contributed by atoms with Crippen molar-refractivity contribution in [2.45, 2.75) is 26.8 Å². The van der Waals surface area contributed by atoms with Crippen LogP contribution in [0.1, 0.15) is 31.1 Å². The predicted octanol–water partition coefficient (Wildman–Crippen LogP) is 3.24. The van der Waals surface area contributed by atoms with E-state index in [0.29, 0.717) is 27.5 Å². The lowest BCUT2D eigenvalue weighted by Gasteiger charge is -2.18. The van der Waals surface area contributed by atoms with E-state index in [1.165, 1.54) is 0 Å².